The maximum absolute atomic E-state index is 11.8. The van der Waals surface area contributed by atoms with Crippen LogP contribution in [0.4, 0.5) is 0 Å². The molecule has 2 atom stereocenters. The van der Waals surface area contributed by atoms with Gasteiger partial charge in [-0.2, -0.15) is 0 Å². The minimum atomic E-state index is -1.82. The van der Waals surface area contributed by atoms with Crippen LogP contribution in [-0.2, 0) is 9.22 Å². The largest absolute Gasteiger partial charge is 0.494 e. The number of Topliss-reactive ketones (excluding diaryl/α,β-unsaturated/α-hetero) is 1. The second-order valence-electron chi connectivity index (χ2n) is 12.0. The van der Waals surface area contributed by atoms with Crippen LogP contribution in [-0.4, -0.2) is 26.8 Å². The minimum absolute atomic E-state index is 0.192. The number of rotatable bonds is 16. The molecular formula is C31H52O3Si. The van der Waals surface area contributed by atoms with Crippen molar-refractivity contribution in [1.29, 1.82) is 0 Å². The Balaban J connectivity index is 1.62. The van der Waals surface area contributed by atoms with E-state index in [1.165, 1.54) is 44.9 Å². The first kappa shape index (κ1) is 29.8. The topological polar surface area (TPSA) is 35.5 Å². The second-order valence-corrected chi connectivity index (χ2v) is 16.7. The van der Waals surface area contributed by atoms with Gasteiger partial charge in [-0.1, -0.05) is 96.1 Å². The van der Waals surface area contributed by atoms with Crippen LogP contribution < -0.4 is 4.74 Å². The standard InChI is InChI=1S/C31H52O3Si/c1-31(2,3)35(4,5)34-30(24-23-27-18-17-19-28(32)26-27)22-13-10-8-6-7-9-11-16-25-33-29-20-14-12-15-21-29/h12,14-15,20-21,23-24,27,30H,6-11,13,16-19,22,25-26H2,1-5H3/b24-23+. The van der Waals surface area contributed by atoms with Crippen LogP contribution in [0.1, 0.15) is 104 Å². The third-order valence-electron chi connectivity index (χ3n) is 7.77. The van der Waals surface area contributed by atoms with Crippen LogP contribution in [0.15, 0.2) is 42.5 Å². The number of para-hydroxylation sites is 1. The lowest BCUT2D eigenvalue weighted by atomic mass is 9.88. The molecule has 0 saturated heterocycles. The van der Waals surface area contributed by atoms with Gasteiger partial charge < -0.3 is 9.16 Å². The van der Waals surface area contributed by atoms with E-state index in [1.807, 2.05) is 30.3 Å². The fourth-order valence-electron chi connectivity index (χ4n) is 4.47. The normalized spacial score (nSPS) is 18.2. The Labute approximate surface area is 217 Å². The van der Waals surface area contributed by atoms with Crippen molar-refractivity contribution in [2.24, 2.45) is 5.92 Å². The van der Waals surface area contributed by atoms with E-state index in [9.17, 15) is 4.79 Å². The number of hydrogen-bond donors (Lipinski definition) is 0. The highest BCUT2D eigenvalue weighted by Crippen LogP contribution is 2.38. The monoisotopic (exact) mass is 500 g/mol. The number of carbonyl (C=O) groups excluding carboxylic acids is 1. The van der Waals surface area contributed by atoms with E-state index in [0.717, 1.165) is 50.9 Å². The molecule has 1 aliphatic rings. The molecule has 0 heterocycles. The van der Waals surface area contributed by atoms with Crippen LogP contribution in [0.25, 0.3) is 0 Å². The van der Waals surface area contributed by atoms with Crippen LogP contribution >= 0.6 is 0 Å². The van der Waals surface area contributed by atoms with Crippen LogP contribution in [0.2, 0.25) is 18.1 Å². The quantitative estimate of drug-likeness (QED) is 0.129. The van der Waals surface area contributed by atoms with Crippen molar-refractivity contribution in [1.82, 2.24) is 0 Å². The Morgan fingerprint density at radius 3 is 2.23 bits per heavy atom. The predicted molar refractivity (Wildman–Crippen MR) is 152 cm³/mol. The molecule has 35 heavy (non-hydrogen) atoms. The Kier molecular flexibility index (Phi) is 13.3. The molecule has 198 valence electrons. The summed E-state index contributed by atoms with van der Waals surface area (Å²) in [5.74, 6) is 1.82. The van der Waals surface area contributed by atoms with E-state index in [4.69, 9.17) is 9.16 Å². The number of carbonyl (C=O) groups is 1. The summed E-state index contributed by atoms with van der Waals surface area (Å²) in [6.45, 7) is 12.5. The number of hydrogen-bond acceptors (Lipinski definition) is 3. The van der Waals surface area contributed by atoms with E-state index in [1.54, 1.807) is 0 Å². The first-order valence-corrected chi connectivity index (χ1v) is 17.1. The summed E-state index contributed by atoms with van der Waals surface area (Å²) in [4.78, 5) is 11.8. The van der Waals surface area contributed by atoms with Crippen molar-refractivity contribution >= 4 is 14.1 Å². The summed E-state index contributed by atoms with van der Waals surface area (Å²) in [6.07, 6.45) is 19.7. The van der Waals surface area contributed by atoms with Gasteiger partial charge in [-0.05, 0) is 61.9 Å². The Hall–Kier alpha value is -1.39. The molecule has 0 aromatic heterocycles. The highest BCUT2D eigenvalue weighted by molar-refractivity contribution is 6.74. The number of unbranched alkanes of at least 4 members (excludes halogenated alkanes) is 7. The third-order valence-corrected chi connectivity index (χ3v) is 12.3. The van der Waals surface area contributed by atoms with Crippen molar-refractivity contribution in [2.45, 2.75) is 128 Å². The molecular weight excluding hydrogens is 448 g/mol. The Morgan fingerprint density at radius 1 is 0.971 bits per heavy atom. The lowest BCUT2D eigenvalue weighted by Crippen LogP contribution is -2.43. The maximum atomic E-state index is 11.8. The molecule has 1 aromatic carbocycles. The number of benzene rings is 1. The van der Waals surface area contributed by atoms with Gasteiger partial charge in [0.2, 0.25) is 0 Å². The second kappa shape index (κ2) is 15.7. The van der Waals surface area contributed by atoms with Crippen LogP contribution in [0, 0.1) is 5.92 Å². The molecule has 4 heteroatoms. The van der Waals surface area contributed by atoms with E-state index in [-0.39, 0.29) is 11.1 Å². The fraction of sp³-hybridized carbons (Fsp3) is 0.710. The summed E-state index contributed by atoms with van der Waals surface area (Å²) in [7, 11) is -1.82. The third kappa shape index (κ3) is 12.4. The SMILES string of the molecule is CC(C)(C)[Si](C)(C)OC(/C=C/C1CCCC(=O)C1)CCCCCCCCCCOc1ccccc1. The first-order chi connectivity index (χ1) is 16.7. The molecule has 1 aliphatic carbocycles. The predicted octanol–water partition coefficient (Wildman–Crippen LogP) is 9.28. The highest BCUT2D eigenvalue weighted by Gasteiger charge is 2.38. The average molecular weight is 501 g/mol. The lowest BCUT2D eigenvalue weighted by Gasteiger charge is -2.39. The number of ketones is 1. The number of ether oxygens (including phenoxy) is 1. The summed E-state index contributed by atoms with van der Waals surface area (Å²) in [5.41, 5.74) is 0. The molecule has 0 bridgehead atoms. The first-order valence-electron chi connectivity index (χ1n) is 14.2. The lowest BCUT2D eigenvalue weighted by molar-refractivity contribution is -0.121. The average Bonchev–Trinajstić information content (AvgIpc) is 2.80. The molecule has 0 aliphatic heterocycles. The fourth-order valence-corrected chi connectivity index (χ4v) is 5.77. The number of allylic oxidation sites excluding steroid dienone is 1. The van der Waals surface area contributed by atoms with Crippen LogP contribution in [0.3, 0.4) is 0 Å². The minimum Gasteiger partial charge on any atom is -0.494 e. The smallest absolute Gasteiger partial charge is 0.192 e. The molecule has 1 aromatic rings. The van der Waals surface area contributed by atoms with Crippen molar-refractivity contribution in [3.8, 4) is 5.75 Å². The van der Waals surface area contributed by atoms with Gasteiger partial charge in [-0.25, -0.2) is 0 Å². The van der Waals surface area contributed by atoms with Gasteiger partial charge in [-0.3, -0.25) is 4.79 Å². The molecule has 0 amide bonds. The summed E-state index contributed by atoms with van der Waals surface area (Å²) >= 11 is 0. The van der Waals surface area contributed by atoms with Crippen LogP contribution in [0.5, 0.6) is 5.75 Å². The van der Waals surface area contributed by atoms with Gasteiger partial charge >= 0.3 is 0 Å². The summed E-state index contributed by atoms with van der Waals surface area (Å²) in [5, 5.41) is 0.214. The summed E-state index contributed by atoms with van der Waals surface area (Å²) in [6, 6.07) is 10.1. The molecule has 1 fully saturated rings. The molecule has 0 radical (unpaired) electrons. The van der Waals surface area contributed by atoms with Crippen molar-refractivity contribution in [3.63, 3.8) is 0 Å². The molecule has 2 unspecified atom stereocenters. The van der Waals surface area contributed by atoms with Gasteiger partial charge in [0.25, 0.3) is 0 Å². The van der Waals surface area contributed by atoms with E-state index >= 15 is 0 Å². The summed E-state index contributed by atoms with van der Waals surface area (Å²) < 4.78 is 12.6. The maximum Gasteiger partial charge on any atom is 0.192 e. The Bertz CT molecular complexity index is 735. The Morgan fingerprint density at radius 2 is 1.60 bits per heavy atom. The van der Waals surface area contributed by atoms with E-state index in [2.05, 4.69) is 46.0 Å². The van der Waals surface area contributed by atoms with Gasteiger partial charge in [0.05, 0.1) is 12.7 Å². The van der Waals surface area contributed by atoms with Gasteiger partial charge in [0.1, 0.15) is 11.5 Å². The van der Waals surface area contributed by atoms with Crippen molar-refractivity contribution in [2.75, 3.05) is 6.61 Å². The van der Waals surface area contributed by atoms with Gasteiger partial charge in [0, 0.05) is 12.8 Å². The van der Waals surface area contributed by atoms with Crippen molar-refractivity contribution < 1.29 is 14.0 Å². The zero-order valence-electron chi connectivity index (χ0n) is 23.3. The van der Waals surface area contributed by atoms with Crippen molar-refractivity contribution in [3.05, 3.63) is 42.5 Å². The molecule has 3 nitrogen and oxygen atoms in total. The molecule has 0 spiro atoms. The van der Waals surface area contributed by atoms with Gasteiger partial charge in [0.15, 0.2) is 8.32 Å². The van der Waals surface area contributed by atoms with E-state index in [0.29, 0.717) is 11.7 Å². The van der Waals surface area contributed by atoms with Gasteiger partial charge in [-0.15, -0.1) is 0 Å². The van der Waals surface area contributed by atoms with E-state index < -0.39 is 8.32 Å². The zero-order chi connectivity index (χ0) is 25.6. The zero-order valence-corrected chi connectivity index (χ0v) is 24.3. The molecule has 1 saturated carbocycles. The molecule has 2 rings (SSSR count). The highest BCUT2D eigenvalue weighted by atomic mass is 28.4. The molecule has 0 N–H and O–H groups in total.